The van der Waals surface area contributed by atoms with Crippen LogP contribution >= 0.6 is 0 Å². The van der Waals surface area contributed by atoms with E-state index in [2.05, 4.69) is 20.8 Å². The Morgan fingerprint density at radius 1 is 0.681 bits per heavy atom. The number of carboxylic acids is 2. The minimum Gasteiger partial charge on any atom is -0.481 e. The van der Waals surface area contributed by atoms with Gasteiger partial charge in [-0.05, 0) is 38.0 Å². The van der Waals surface area contributed by atoms with Gasteiger partial charge in [-0.2, -0.15) is 0 Å². The molecule has 9 nitrogen and oxygen atoms in total. The number of aliphatic hydroxyl groups is 1. The minimum absolute atomic E-state index is 0.124. The molecule has 0 radical (unpaired) electrons. The van der Waals surface area contributed by atoms with Gasteiger partial charge in [0.15, 0.2) is 6.29 Å². The molecule has 0 aliphatic rings. The Morgan fingerprint density at radius 3 is 1.66 bits per heavy atom. The van der Waals surface area contributed by atoms with E-state index in [0.29, 0.717) is 26.1 Å². The number of esters is 1. The largest absolute Gasteiger partial charge is 0.481 e. The first kappa shape index (κ1) is 45.0. The second-order valence-corrected chi connectivity index (χ2v) is 13.0. The lowest BCUT2D eigenvalue weighted by Gasteiger charge is -2.39. The second-order valence-electron chi connectivity index (χ2n) is 13.0. The van der Waals surface area contributed by atoms with Crippen LogP contribution in [0, 0.1) is 11.3 Å². The van der Waals surface area contributed by atoms with Crippen molar-refractivity contribution in [1.29, 1.82) is 0 Å². The van der Waals surface area contributed by atoms with Crippen LogP contribution < -0.4 is 0 Å². The van der Waals surface area contributed by atoms with Crippen molar-refractivity contribution in [2.45, 2.75) is 181 Å². The molecular weight excluding hydrogens is 600 g/mol. The van der Waals surface area contributed by atoms with Gasteiger partial charge < -0.3 is 29.5 Å². The highest BCUT2D eigenvalue weighted by atomic mass is 16.7. The lowest BCUT2D eigenvalue weighted by atomic mass is 9.68. The van der Waals surface area contributed by atoms with Crippen LogP contribution in [0.25, 0.3) is 0 Å². The van der Waals surface area contributed by atoms with Crippen molar-refractivity contribution >= 4 is 17.9 Å². The summed E-state index contributed by atoms with van der Waals surface area (Å²) in [7, 11) is 0. The highest BCUT2D eigenvalue weighted by Gasteiger charge is 2.53. The Balaban J connectivity index is 5.61. The zero-order valence-corrected chi connectivity index (χ0v) is 30.4. The molecule has 0 aliphatic carbocycles. The van der Waals surface area contributed by atoms with E-state index in [9.17, 15) is 29.7 Å². The SMILES string of the molecule is CCCCCC/C=C\C(CCC)C(CO)(C(=O)O)C(CC(=O)O)OC(=O)CCC(OCCCCCCCC)OCCCCCCCC. The molecule has 0 spiro atoms. The van der Waals surface area contributed by atoms with E-state index < -0.39 is 54.7 Å². The standard InChI is InChI=1S/C38H70O9/c1-5-9-12-15-18-21-25-32(24-8-4)38(31-39,37(43)44)33(30-34(40)41)47-35(42)26-27-36(45-28-22-19-16-13-10-6-2)46-29-23-20-17-14-11-7-3/h21,25,32-33,36,39H,5-20,22-24,26-31H2,1-4H3,(H,40,41)(H,43,44)/b25-21-. The quantitative estimate of drug-likeness (QED) is 0.0264. The van der Waals surface area contributed by atoms with Crippen molar-refractivity contribution in [2.24, 2.45) is 11.3 Å². The third kappa shape index (κ3) is 20.9. The number of hydrogen-bond acceptors (Lipinski definition) is 7. The summed E-state index contributed by atoms with van der Waals surface area (Å²) < 4.78 is 17.7. The van der Waals surface area contributed by atoms with E-state index in [0.717, 1.165) is 70.6 Å². The molecule has 0 aromatic rings. The first-order valence-electron chi connectivity index (χ1n) is 18.9. The molecule has 0 bridgehead atoms. The number of carboxylic acid groups (broad SMARTS) is 2. The summed E-state index contributed by atoms with van der Waals surface area (Å²) in [5.74, 6) is -4.13. The van der Waals surface area contributed by atoms with Crippen molar-refractivity contribution < 1.29 is 43.9 Å². The third-order valence-corrected chi connectivity index (χ3v) is 8.91. The molecular formula is C38H70O9. The summed E-state index contributed by atoms with van der Waals surface area (Å²) >= 11 is 0. The van der Waals surface area contributed by atoms with Crippen molar-refractivity contribution in [1.82, 2.24) is 0 Å². The molecule has 0 aromatic heterocycles. The van der Waals surface area contributed by atoms with E-state index in [4.69, 9.17) is 14.2 Å². The van der Waals surface area contributed by atoms with Crippen LogP contribution in [-0.2, 0) is 28.6 Å². The zero-order chi connectivity index (χ0) is 35.2. The van der Waals surface area contributed by atoms with Crippen molar-refractivity contribution in [3.63, 3.8) is 0 Å². The summed E-state index contributed by atoms with van der Waals surface area (Å²) in [6, 6.07) is 0. The van der Waals surface area contributed by atoms with Gasteiger partial charge in [0.2, 0.25) is 0 Å². The maximum atomic E-state index is 13.2. The molecule has 0 rings (SSSR count). The van der Waals surface area contributed by atoms with Crippen LogP contribution in [-0.4, -0.2) is 65.4 Å². The predicted octanol–water partition coefficient (Wildman–Crippen LogP) is 9.24. The fourth-order valence-corrected chi connectivity index (χ4v) is 5.96. The Morgan fingerprint density at radius 2 is 1.19 bits per heavy atom. The van der Waals surface area contributed by atoms with E-state index in [1.807, 2.05) is 13.0 Å². The summed E-state index contributed by atoms with van der Waals surface area (Å²) in [6.07, 6.45) is 20.3. The van der Waals surface area contributed by atoms with E-state index in [1.165, 1.54) is 38.5 Å². The summed E-state index contributed by atoms with van der Waals surface area (Å²) in [4.78, 5) is 38.0. The number of carbonyl (C=O) groups excluding carboxylic acids is 1. The number of rotatable bonds is 34. The summed E-state index contributed by atoms with van der Waals surface area (Å²) in [5, 5.41) is 30.8. The molecule has 0 amide bonds. The van der Waals surface area contributed by atoms with Gasteiger partial charge in [0.05, 0.1) is 19.4 Å². The van der Waals surface area contributed by atoms with Crippen molar-refractivity contribution in [3.05, 3.63) is 12.2 Å². The van der Waals surface area contributed by atoms with Gasteiger partial charge in [-0.3, -0.25) is 14.4 Å². The fraction of sp³-hybridized carbons (Fsp3) is 0.868. The minimum atomic E-state index is -1.99. The molecule has 276 valence electrons. The smallest absolute Gasteiger partial charge is 0.316 e. The van der Waals surface area contributed by atoms with Gasteiger partial charge in [0.25, 0.3) is 0 Å². The van der Waals surface area contributed by atoms with E-state index in [1.54, 1.807) is 6.08 Å². The third-order valence-electron chi connectivity index (χ3n) is 8.91. The van der Waals surface area contributed by atoms with Crippen LogP contribution in [0.15, 0.2) is 12.2 Å². The van der Waals surface area contributed by atoms with Crippen LogP contribution in [0.3, 0.4) is 0 Å². The maximum Gasteiger partial charge on any atom is 0.316 e. The van der Waals surface area contributed by atoms with Crippen LogP contribution in [0.5, 0.6) is 0 Å². The summed E-state index contributed by atoms with van der Waals surface area (Å²) in [5.41, 5.74) is -1.99. The van der Waals surface area contributed by atoms with Gasteiger partial charge in [-0.1, -0.05) is 130 Å². The number of ether oxygens (including phenoxy) is 3. The van der Waals surface area contributed by atoms with Gasteiger partial charge in [-0.25, -0.2) is 0 Å². The molecule has 3 unspecified atom stereocenters. The fourth-order valence-electron chi connectivity index (χ4n) is 5.96. The molecule has 0 aromatic carbocycles. The average Bonchev–Trinajstić information content (AvgIpc) is 3.03. The highest BCUT2D eigenvalue weighted by Crippen LogP contribution is 2.40. The number of allylic oxidation sites excluding steroid dienone is 2. The monoisotopic (exact) mass is 671 g/mol. The first-order valence-corrected chi connectivity index (χ1v) is 18.9. The topological polar surface area (TPSA) is 140 Å². The molecule has 9 heteroatoms. The van der Waals surface area contributed by atoms with Crippen LogP contribution in [0.4, 0.5) is 0 Å². The lowest BCUT2D eigenvalue weighted by molar-refractivity contribution is -0.184. The molecule has 3 atom stereocenters. The molecule has 0 saturated carbocycles. The van der Waals surface area contributed by atoms with Crippen molar-refractivity contribution in [3.8, 4) is 0 Å². The molecule has 47 heavy (non-hydrogen) atoms. The number of hydrogen-bond donors (Lipinski definition) is 3. The maximum absolute atomic E-state index is 13.2. The van der Waals surface area contributed by atoms with Gasteiger partial charge in [-0.15, -0.1) is 0 Å². The van der Waals surface area contributed by atoms with Gasteiger partial charge in [0, 0.05) is 19.6 Å². The Hall–Kier alpha value is -1.97. The highest BCUT2D eigenvalue weighted by molar-refractivity contribution is 5.80. The van der Waals surface area contributed by atoms with Crippen LogP contribution in [0.2, 0.25) is 0 Å². The number of unbranched alkanes of at least 4 members (excludes halogenated alkanes) is 14. The lowest BCUT2D eigenvalue weighted by Crippen LogP contribution is -2.53. The Kier molecular flexibility index (Phi) is 28.9. The second kappa shape index (κ2) is 30.1. The molecule has 0 saturated heterocycles. The molecule has 3 N–H and O–H groups in total. The first-order chi connectivity index (χ1) is 22.7. The van der Waals surface area contributed by atoms with Crippen LogP contribution in [0.1, 0.15) is 169 Å². The average molecular weight is 671 g/mol. The number of carbonyl (C=O) groups is 3. The molecule has 0 heterocycles. The normalized spacial score (nSPS) is 14.3. The zero-order valence-electron chi connectivity index (χ0n) is 30.4. The predicted molar refractivity (Wildman–Crippen MR) is 187 cm³/mol. The van der Waals surface area contributed by atoms with Crippen molar-refractivity contribution in [2.75, 3.05) is 19.8 Å². The van der Waals surface area contributed by atoms with Gasteiger partial charge >= 0.3 is 17.9 Å². The Labute approximate surface area is 286 Å². The Bertz CT molecular complexity index is 797. The molecule has 0 aliphatic heterocycles. The van der Waals surface area contributed by atoms with E-state index >= 15 is 0 Å². The summed E-state index contributed by atoms with van der Waals surface area (Å²) in [6.45, 7) is 8.58. The molecule has 0 fully saturated rings. The number of aliphatic hydroxyl groups excluding tert-OH is 1. The van der Waals surface area contributed by atoms with Gasteiger partial charge in [0.1, 0.15) is 11.5 Å². The van der Waals surface area contributed by atoms with E-state index in [-0.39, 0.29) is 12.8 Å². The number of aliphatic carboxylic acids is 2.